The van der Waals surface area contributed by atoms with Gasteiger partial charge < -0.3 is 20.9 Å². The fourth-order valence-electron chi connectivity index (χ4n) is 2.11. The maximum atomic E-state index is 8.84. The van der Waals surface area contributed by atoms with Crippen molar-refractivity contribution in [3.8, 4) is 11.5 Å². The molecule has 0 bridgehead atoms. The number of ether oxygens (including phenoxy) is 1. The third-order valence-corrected chi connectivity index (χ3v) is 3.20. The number of nitrogens with one attached hydrogen (secondary N) is 1. The van der Waals surface area contributed by atoms with E-state index in [-0.39, 0.29) is 12.6 Å². The van der Waals surface area contributed by atoms with Crippen molar-refractivity contribution in [2.24, 2.45) is 5.73 Å². The molecule has 0 fully saturated rings. The number of rotatable bonds is 8. The summed E-state index contributed by atoms with van der Waals surface area (Å²) >= 11 is 0. The van der Waals surface area contributed by atoms with Crippen LogP contribution in [0.2, 0.25) is 0 Å². The number of aliphatic hydroxyl groups excluding tert-OH is 1. The summed E-state index contributed by atoms with van der Waals surface area (Å²) in [5.41, 5.74) is 6.91. The lowest BCUT2D eigenvalue weighted by molar-refractivity contribution is 0.283. The topological polar surface area (TPSA) is 67.5 Å². The van der Waals surface area contributed by atoms with Gasteiger partial charge in [0.15, 0.2) is 0 Å². The van der Waals surface area contributed by atoms with Gasteiger partial charge in [-0.3, -0.25) is 0 Å². The molecule has 0 saturated carbocycles. The zero-order chi connectivity index (χ0) is 14.9. The van der Waals surface area contributed by atoms with E-state index in [1.807, 2.05) is 54.6 Å². The van der Waals surface area contributed by atoms with Crippen LogP contribution in [0.15, 0.2) is 54.6 Å². The Morgan fingerprint density at radius 2 is 1.81 bits per heavy atom. The number of hydrogen-bond donors (Lipinski definition) is 3. The van der Waals surface area contributed by atoms with E-state index in [0.29, 0.717) is 6.54 Å². The molecule has 0 amide bonds. The van der Waals surface area contributed by atoms with Gasteiger partial charge in [0, 0.05) is 19.2 Å². The molecule has 4 heteroatoms. The average Bonchev–Trinajstić information content (AvgIpc) is 2.53. The Labute approximate surface area is 125 Å². The SMILES string of the molecule is NCC(NCCCO)c1cccc(Oc2ccccc2)c1. The smallest absolute Gasteiger partial charge is 0.127 e. The largest absolute Gasteiger partial charge is 0.457 e. The standard InChI is InChI=1S/C17H22N2O2/c18-13-17(19-10-5-11-20)14-6-4-9-16(12-14)21-15-7-2-1-3-8-15/h1-4,6-9,12,17,19-20H,5,10-11,13,18H2. The van der Waals surface area contributed by atoms with Crippen molar-refractivity contribution in [3.05, 3.63) is 60.2 Å². The summed E-state index contributed by atoms with van der Waals surface area (Å²) in [6.07, 6.45) is 0.719. The predicted octanol–water partition coefficient (Wildman–Crippen LogP) is 2.45. The molecule has 0 aliphatic rings. The van der Waals surface area contributed by atoms with Gasteiger partial charge in [-0.05, 0) is 42.8 Å². The number of benzene rings is 2. The highest BCUT2D eigenvalue weighted by Crippen LogP contribution is 2.24. The second-order valence-corrected chi connectivity index (χ2v) is 4.81. The summed E-state index contributed by atoms with van der Waals surface area (Å²) in [6.45, 7) is 1.42. The third-order valence-electron chi connectivity index (χ3n) is 3.20. The van der Waals surface area contributed by atoms with Gasteiger partial charge in [0.25, 0.3) is 0 Å². The van der Waals surface area contributed by atoms with Gasteiger partial charge in [-0.25, -0.2) is 0 Å². The maximum absolute atomic E-state index is 8.84. The fraction of sp³-hybridized carbons (Fsp3) is 0.294. The Balaban J connectivity index is 2.05. The molecule has 0 heterocycles. The molecule has 2 aromatic carbocycles. The predicted molar refractivity (Wildman–Crippen MR) is 84.5 cm³/mol. The van der Waals surface area contributed by atoms with Gasteiger partial charge in [-0.15, -0.1) is 0 Å². The first-order chi connectivity index (χ1) is 10.3. The molecule has 21 heavy (non-hydrogen) atoms. The summed E-state index contributed by atoms with van der Waals surface area (Å²) in [4.78, 5) is 0. The third kappa shape index (κ3) is 4.86. The zero-order valence-corrected chi connectivity index (χ0v) is 12.0. The summed E-state index contributed by atoms with van der Waals surface area (Å²) in [5.74, 6) is 1.60. The van der Waals surface area contributed by atoms with E-state index in [9.17, 15) is 0 Å². The van der Waals surface area contributed by atoms with Crippen molar-refractivity contribution >= 4 is 0 Å². The van der Waals surface area contributed by atoms with Crippen LogP contribution >= 0.6 is 0 Å². The lowest BCUT2D eigenvalue weighted by Crippen LogP contribution is -2.29. The normalized spacial score (nSPS) is 12.1. The summed E-state index contributed by atoms with van der Waals surface area (Å²) in [6, 6.07) is 17.7. The number of aliphatic hydroxyl groups is 1. The maximum Gasteiger partial charge on any atom is 0.127 e. The van der Waals surface area contributed by atoms with Crippen LogP contribution in [0.4, 0.5) is 0 Å². The van der Waals surface area contributed by atoms with Crippen molar-refractivity contribution < 1.29 is 9.84 Å². The Bertz CT molecular complexity index is 531. The first-order valence-electron chi connectivity index (χ1n) is 7.20. The molecule has 0 aliphatic heterocycles. The summed E-state index contributed by atoms with van der Waals surface area (Å²) in [5, 5.41) is 12.2. The lowest BCUT2D eigenvalue weighted by Gasteiger charge is -2.18. The van der Waals surface area contributed by atoms with Crippen LogP contribution in [0.3, 0.4) is 0 Å². The second kappa shape index (κ2) is 8.42. The molecule has 0 aliphatic carbocycles. The van der Waals surface area contributed by atoms with Gasteiger partial charge in [0.2, 0.25) is 0 Å². The van der Waals surface area contributed by atoms with Crippen LogP contribution in [-0.2, 0) is 0 Å². The first kappa shape index (κ1) is 15.5. The van der Waals surface area contributed by atoms with Gasteiger partial charge in [-0.2, -0.15) is 0 Å². The molecule has 112 valence electrons. The average molecular weight is 286 g/mol. The Morgan fingerprint density at radius 1 is 1.05 bits per heavy atom. The van der Waals surface area contributed by atoms with Crippen molar-refractivity contribution in [2.75, 3.05) is 19.7 Å². The number of hydrogen-bond acceptors (Lipinski definition) is 4. The molecule has 1 atom stereocenters. The minimum absolute atomic E-state index is 0.0656. The zero-order valence-electron chi connectivity index (χ0n) is 12.0. The summed E-state index contributed by atoms with van der Waals surface area (Å²) in [7, 11) is 0. The lowest BCUT2D eigenvalue weighted by atomic mass is 10.1. The molecule has 2 aromatic rings. The molecule has 0 aromatic heterocycles. The van der Waals surface area contributed by atoms with E-state index < -0.39 is 0 Å². The molecule has 4 nitrogen and oxygen atoms in total. The van der Waals surface area contributed by atoms with E-state index in [1.54, 1.807) is 0 Å². The highest BCUT2D eigenvalue weighted by molar-refractivity contribution is 5.35. The Morgan fingerprint density at radius 3 is 2.52 bits per heavy atom. The molecular weight excluding hydrogens is 264 g/mol. The van der Waals surface area contributed by atoms with E-state index in [2.05, 4.69) is 5.32 Å². The molecule has 0 radical (unpaired) electrons. The highest BCUT2D eigenvalue weighted by atomic mass is 16.5. The van der Waals surface area contributed by atoms with E-state index >= 15 is 0 Å². The van der Waals surface area contributed by atoms with E-state index in [4.69, 9.17) is 15.6 Å². The van der Waals surface area contributed by atoms with Crippen molar-refractivity contribution in [3.63, 3.8) is 0 Å². The molecule has 0 saturated heterocycles. The fourth-order valence-corrected chi connectivity index (χ4v) is 2.11. The minimum Gasteiger partial charge on any atom is -0.457 e. The minimum atomic E-state index is 0.0656. The van der Waals surface area contributed by atoms with Gasteiger partial charge >= 0.3 is 0 Å². The quantitative estimate of drug-likeness (QED) is 0.652. The number of nitrogens with two attached hydrogens (primary N) is 1. The Hall–Kier alpha value is -1.88. The van der Waals surface area contributed by atoms with Crippen molar-refractivity contribution in [1.29, 1.82) is 0 Å². The molecular formula is C17H22N2O2. The molecule has 0 spiro atoms. The summed E-state index contributed by atoms with van der Waals surface area (Å²) < 4.78 is 5.83. The van der Waals surface area contributed by atoms with Crippen LogP contribution in [0.25, 0.3) is 0 Å². The molecule has 2 rings (SSSR count). The van der Waals surface area contributed by atoms with Crippen LogP contribution in [0.5, 0.6) is 11.5 Å². The van der Waals surface area contributed by atoms with Crippen molar-refractivity contribution in [2.45, 2.75) is 12.5 Å². The molecule has 4 N–H and O–H groups in total. The van der Waals surface area contributed by atoms with Crippen LogP contribution < -0.4 is 15.8 Å². The van der Waals surface area contributed by atoms with Crippen LogP contribution in [0.1, 0.15) is 18.0 Å². The van der Waals surface area contributed by atoms with Gasteiger partial charge in [-0.1, -0.05) is 30.3 Å². The van der Waals surface area contributed by atoms with E-state index in [1.165, 1.54) is 0 Å². The van der Waals surface area contributed by atoms with Crippen LogP contribution in [-0.4, -0.2) is 24.8 Å². The van der Waals surface area contributed by atoms with Gasteiger partial charge in [0.05, 0.1) is 0 Å². The highest BCUT2D eigenvalue weighted by Gasteiger charge is 2.09. The Kier molecular flexibility index (Phi) is 6.22. The monoisotopic (exact) mass is 286 g/mol. The van der Waals surface area contributed by atoms with Crippen LogP contribution in [0, 0.1) is 0 Å². The van der Waals surface area contributed by atoms with Gasteiger partial charge in [0.1, 0.15) is 11.5 Å². The number of para-hydroxylation sites is 1. The molecule has 1 unspecified atom stereocenters. The van der Waals surface area contributed by atoms with E-state index in [0.717, 1.165) is 30.0 Å². The first-order valence-corrected chi connectivity index (χ1v) is 7.20. The second-order valence-electron chi connectivity index (χ2n) is 4.81. The van der Waals surface area contributed by atoms with Crippen molar-refractivity contribution in [1.82, 2.24) is 5.32 Å².